The van der Waals surface area contributed by atoms with Crippen molar-refractivity contribution >= 4 is 0 Å². The quantitative estimate of drug-likeness (QED) is 0.848. The van der Waals surface area contributed by atoms with Crippen LogP contribution in [0.4, 0.5) is 0 Å². The minimum absolute atomic E-state index is 0.0848. The van der Waals surface area contributed by atoms with E-state index in [1.54, 1.807) is 7.11 Å². The molecule has 6 nitrogen and oxygen atoms in total. The Bertz CT molecular complexity index is 510. The first-order valence-corrected chi connectivity index (χ1v) is 8.43. The van der Waals surface area contributed by atoms with Crippen molar-refractivity contribution in [3.8, 4) is 0 Å². The zero-order chi connectivity index (χ0) is 16.3. The third-order valence-corrected chi connectivity index (χ3v) is 5.35. The number of aliphatic hydroxyl groups excluding tert-OH is 1. The smallest absolute Gasteiger partial charge is 0.130 e. The van der Waals surface area contributed by atoms with Crippen molar-refractivity contribution in [2.75, 3.05) is 27.4 Å². The fourth-order valence-corrected chi connectivity index (χ4v) is 3.98. The molecule has 128 valence electrons. The molecule has 23 heavy (non-hydrogen) atoms. The average molecular weight is 321 g/mol. The van der Waals surface area contributed by atoms with Gasteiger partial charge in [-0.25, -0.2) is 9.97 Å². The second-order valence-electron chi connectivity index (χ2n) is 6.68. The fourth-order valence-electron chi connectivity index (χ4n) is 3.98. The Morgan fingerprint density at radius 3 is 2.78 bits per heavy atom. The summed E-state index contributed by atoms with van der Waals surface area (Å²) >= 11 is 0. The lowest BCUT2D eigenvalue weighted by molar-refractivity contribution is -0.0879. The van der Waals surface area contributed by atoms with E-state index in [9.17, 15) is 5.11 Å². The van der Waals surface area contributed by atoms with Gasteiger partial charge in [-0.15, -0.1) is 0 Å². The molecule has 2 aliphatic rings. The van der Waals surface area contributed by atoms with E-state index < -0.39 is 0 Å². The van der Waals surface area contributed by atoms with Crippen molar-refractivity contribution in [3.05, 3.63) is 23.8 Å². The summed E-state index contributed by atoms with van der Waals surface area (Å²) in [5.41, 5.74) is 1.02. The highest BCUT2D eigenvalue weighted by Gasteiger charge is 2.50. The first-order valence-electron chi connectivity index (χ1n) is 8.43. The summed E-state index contributed by atoms with van der Waals surface area (Å²) in [6.07, 6.45) is 7.95. The van der Waals surface area contributed by atoms with E-state index in [0.29, 0.717) is 6.61 Å². The van der Waals surface area contributed by atoms with Gasteiger partial charge < -0.3 is 14.6 Å². The maximum absolute atomic E-state index is 10.1. The van der Waals surface area contributed by atoms with Crippen LogP contribution in [0, 0.1) is 0 Å². The van der Waals surface area contributed by atoms with Gasteiger partial charge in [-0.1, -0.05) is 0 Å². The van der Waals surface area contributed by atoms with E-state index in [1.165, 1.54) is 0 Å². The van der Waals surface area contributed by atoms with Gasteiger partial charge in [0.15, 0.2) is 0 Å². The maximum atomic E-state index is 10.1. The molecule has 3 rings (SSSR count). The Labute approximate surface area is 137 Å². The van der Waals surface area contributed by atoms with Gasteiger partial charge in [0.1, 0.15) is 5.82 Å². The van der Waals surface area contributed by atoms with Gasteiger partial charge in [0.2, 0.25) is 0 Å². The second-order valence-corrected chi connectivity index (χ2v) is 6.68. The van der Waals surface area contributed by atoms with E-state index >= 15 is 0 Å². The first-order chi connectivity index (χ1) is 11.2. The first kappa shape index (κ1) is 16.8. The molecule has 2 heterocycles. The van der Waals surface area contributed by atoms with Crippen molar-refractivity contribution < 1.29 is 14.6 Å². The number of nitrogens with zero attached hydrogens (tertiary/aromatic N) is 3. The molecule has 1 aliphatic heterocycles. The van der Waals surface area contributed by atoms with Crippen molar-refractivity contribution in [3.63, 3.8) is 0 Å². The SMILES string of the molecule is COCCc1ncc(CN2CC[C@]3(OC)CC[C@@H](O)C[C@H]23)cn1. The third-order valence-electron chi connectivity index (χ3n) is 5.35. The summed E-state index contributed by atoms with van der Waals surface area (Å²) in [5, 5.41) is 10.1. The van der Waals surface area contributed by atoms with Crippen molar-refractivity contribution in [2.45, 2.75) is 56.4 Å². The van der Waals surface area contributed by atoms with Crippen LogP contribution in [-0.2, 0) is 22.4 Å². The molecule has 0 amide bonds. The normalized spacial score (nSPS) is 31.3. The predicted octanol–water partition coefficient (Wildman–Crippen LogP) is 1.17. The maximum Gasteiger partial charge on any atom is 0.130 e. The van der Waals surface area contributed by atoms with Gasteiger partial charge >= 0.3 is 0 Å². The van der Waals surface area contributed by atoms with E-state index in [4.69, 9.17) is 9.47 Å². The molecule has 0 spiro atoms. The summed E-state index contributed by atoms with van der Waals surface area (Å²) in [7, 11) is 3.49. The summed E-state index contributed by atoms with van der Waals surface area (Å²) in [5.74, 6) is 0.816. The van der Waals surface area contributed by atoms with Crippen molar-refractivity contribution in [1.82, 2.24) is 14.9 Å². The number of aliphatic hydroxyl groups is 1. The number of rotatable bonds is 6. The third kappa shape index (κ3) is 3.55. The Morgan fingerprint density at radius 2 is 2.09 bits per heavy atom. The van der Waals surface area contributed by atoms with Gasteiger partial charge in [0, 0.05) is 57.7 Å². The van der Waals surface area contributed by atoms with E-state index in [-0.39, 0.29) is 17.7 Å². The molecule has 1 saturated carbocycles. The van der Waals surface area contributed by atoms with Crippen LogP contribution in [0.15, 0.2) is 12.4 Å². The standard InChI is InChI=1S/C17H27N3O3/c1-22-8-4-16-18-10-13(11-19-16)12-20-7-6-17(23-2)5-3-14(21)9-15(17)20/h10-11,14-15,21H,3-9,12H2,1-2H3/t14-,15+,17-/m1/s1. The average Bonchev–Trinajstić information content (AvgIpc) is 2.93. The molecule has 6 heteroatoms. The van der Waals surface area contributed by atoms with Crippen LogP contribution < -0.4 is 0 Å². The highest BCUT2D eigenvalue weighted by atomic mass is 16.5. The van der Waals surface area contributed by atoms with E-state index in [2.05, 4.69) is 14.9 Å². The van der Waals surface area contributed by atoms with Crippen LogP contribution in [0.1, 0.15) is 37.1 Å². The Kier molecular flexibility index (Phi) is 5.26. The van der Waals surface area contributed by atoms with E-state index in [1.807, 2.05) is 19.5 Å². The summed E-state index contributed by atoms with van der Waals surface area (Å²) in [4.78, 5) is 11.2. The molecule has 3 atom stereocenters. The molecule has 2 fully saturated rings. The molecule has 0 bridgehead atoms. The van der Waals surface area contributed by atoms with Gasteiger partial charge in [-0.3, -0.25) is 4.90 Å². The zero-order valence-corrected chi connectivity index (χ0v) is 14.1. The highest BCUT2D eigenvalue weighted by Crippen LogP contribution is 2.42. The Balaban J connectivity index is 1.65. The molecule has 1 aromatic rings. The molecular formula is C17H27N3O3. The van der Waals surface area contributed by atoms with Crippen LogP contribution in [0.3, 0.4) is 0 Å². The Morgan fingerprint density at radius 1 is 1.30 bits per heavy atom. The Hall–Kier alpha value is -1.08. The molecule has 1 saturated heterocycles. The summed E-state index contributed by atoms with van der Waals surface area (Å²) < 4.78 is 10.9. The van der Waals surface area contributed by atoms with Crippen LogP contribution >= 0.6 is 0 Å². The number of methoxy groups -OCH3 is 2. The number of aromatic nitrogens is 2. The monoisotopic (exact) mass is 321 g/mol. The van der Waals surface area contributed by atoms with Crippen molar-refractivity contribution in [1.29, 1.82) is 0 Å². The lowest BCUT2D eigenvalue weighted by Crippen LogP contribution is -2.51. The van der Waals surface area contributed by atoms with Crippen LogP contribution in [-0.4, -0.2) is 65.1 Å². The largest absolute Gasteiger partial charge is 0.393 e. The topological polar surface area (TPSA) is 67.7 Å². The van der Waals surface area contributed by atoms with Crippen LogP contribution in [0.25, 0.3) is 0 Å². The number of ether oxygens (including phenoxy) is 2. The zero-order valence-electron chi connectivity index (χ0n) is 14.1. The van der Waals surface area contributed by atoms with Gasteiger partial charge in [0.25, 0.3) is 0 Å². The van der Waals surface area contributed by atoms with Crippen LogP contribution in [0.5, 0.6) is 0 Å². The van der Waals surface area contributed by atoms with Gasteiger partial charge in [0.05, 0.1) is 18.3 Å². The summed E-state index contributed by atoms with van der Waals surface area (Å²) in [6, 6.07) is 0.282. The minimum Gasteiger partial charge on any atom is -0.393 e. The van der Waals surface area contributed by atoms with Crippen molar-refractivity contribution in [2.24, 2.45) is 0 Å². The minimum atomic E-state index is -0.212. The van der Waals surface area contributed by atoms with Gasteiger partial charge in [-0.2, -0.15) is 0 Å². The summed E-state index contributed by atoms with van der Waals surface area (Å²) in [6.45, 7) is 2.45. The molecule has 0 aromatic carbocycles. The lowest BCUT2D eigenvalue weighted by Gasteiger charge is -2.42. The molecule has 1 N–H and O–H groups in total. The number of fused-ring (bicyclic) bond motifs is 1. The molecule has 0 unspecified atom stereocenters. The molecule has 1 aromatic heterocycles. The van der Waals surface area contributed by atoms with E-state index in [0.717, 1.165) is 56.6 Å². The molecular weight excluding hydrogens is 294 g/mol. The van der Waals surface area contributed by atoms with Crippen LogP contribution in [0.2, 0.25) is 0 Å². The fraction of sp³-hybridized carbons (Fsp3) is 0.765. The molecule has 0 radical (unpaired) electrons. The predicted molar refractivity (Wildman–Crippen MR) is 86.0 cm³/mol. The van der Waals surface area contributed by atoms with Gasteiger partial charge in [-0.05, 0) is 25.7 Å². The second kappa shape index (κ2) is 7.21. The lowest BCUT2D eigenvalue weighted by atomic mass is 9.79. The number of hydrogen-bond donors (Lipinski definition) is 1. The number of likely N-dealkylation sites (tertiary alicyclic amines) is 1. The highest BCUT2D eigenvalue weighted by molar-refractivity contribution is 5.10. The molecule has 1 aliphatic carbocycles. The number of hydrogen-bond acceptors (Lipinski definition) is 6.